The molecule has 2 fully saturated rings. The molecule has 2 aliphatic heterocycles. The first-order chi connectivity index (χ1) is 22.3. The normalized spacial score (nSPS) is 22.6. The number of nitrogens with zero attached hydrogens (tertiary/aromatic N) is 2. The number of carboxylic acid groups (broad SMARTS) is 1. The van der Waals surface area contributed by atoms with E-state index in [1.807, 2.05) is 116 Å². The number of aryl methyl sites for hydroxylation is 1. The molecule has 7 rings (SSSR count). The molecule has 4 aromatic carbocycles. The van der Waals surface area contributed by atoms with E-state index in [-0.39, 0.29) is 18.9 Å². The zero-order valence-corrected chi connectivity index (χ0v) is 26.1. The van der Waals surface area contributed by atoms with Crippen molar-refractivity contribution in [2.24, 2.45) is 11.8 Å². The molecule has 0 saturated carbocycles. The second-order valence-corrected chi connectivity index (χ2v) is 13.0. The number of aliphatic carboxylic acids is 1. The number of likely N-dealkylation sites (tertiary alicyclic amines) is 1. The maximum atomic E-state index is 14.2. The summed E-state index contributed by atoms with van der Waals surface area (Å²) in [5.74, 6) is -3.81. The summed E-state index contributed by atoms with van der Waals surface area (Å²) >= 11 is 1.49. The van der Waals surface area contributed by atoms with E-state index in [1.54, 1.807) is 5.51 Å². The third-order valence-corrected chi connectivity index (χ3v) is 10.4. The summed E-state index contributed by atoms with van der Waals surface area (Å²) in [5, 5.41) is 16.3. The molecule has 2 aliphatic rings. The molecule has 1 aromatic heterocycles. The van der Waals surface area contributed by atoms with Gasteiger partial charge in [-0.05, 0) is 39.9 Å². The number of benzene rings is 4. The molecule has 5 aromatic rings. The largest absolute Gasteiger partial charge is 0.480 e. The predicted molar refractivity (Wildman–Crippen MR) is 180 cm³/mol. The van der Waals surface area contributed by atoms with Gasteiger partial charge in [0.05, 0.1) is 23.0 Å². The molecule has 3 heterocycles. The van der Waals surface area contributed by atoms with Gasteiger partial charge in [0.25, 0.3) is 0 Å². The highest BCUT2D eigenvalue weighted by molar-refractivity contribution is 7.09. The van der Waals surface area contributed by atoms with Gasteiger partial charge < -0.3 is 5.11 Å². The number of fused-ring (bicyclic) bond motifs is 2. The zero-order chi connectivity index (χ0) is 31.8. The number of nitrogens with one attached hydrogen (secondary N) is 1. The van der Waals surface area contributed by atoms with Gasteiger partial charge in [-0.1, -0.05) is 109 Å². The van der Waals surface area contributed by atoms with Gasteiger partial charge in [-0.15, -0.1) is 11.3 Å². The molecular formula is C38H33N3O4S. The number of hydrogen-bond donors (Lipinski definition) is 2. The molecule has 0 radical (unpaired) electrons. The minimum absolute atomic E-state index is 0.0591. The van der Waals surface area contributed by atoms with E-state index in [0.717, 1.165) is 43.6 Å². The van der Waals surface area contributed by atoms with Crippen molar-refractivity contribution in [2.45, 2.75) is 31.3 Å². The number of amides is 2. The Kier molecular flexibility index (Phi) is 7.84. The van der Waals surface area contributed by atoms with E-state index < -0.39 is 35.3 Å². The molecule has 46 heavy (non-hydrogen) atoms. The van der Waals surface area contributed by atoms with Crippen LogP contribution in [0.4, 0.5) is 0 Å². The van der Waals surface area contributed by atoms with Gasteiger partial charge in [0.15, 0.2) is 0 Å². The quantitative estimate of drug-likeness (QED) is 0.146. The Hall–Kier alpha value is -4.92. The Bertz CT molecular complexity index is 1970. The molecule has 2 saturated heterocycles. The molecule has 4 unspecified atom stereocenters. The fourth-order valence-corrected chi connectivity index (χ4v) is 7.80. The number of carboxylic acids is 1. The van der Waals surface area contributed by atoms with Crippen molar-refractivity contribution in [1.82, 2.24) is 15.2 Å². The summed E-state index contributed by atoms with van der Waals surface area (Å²) < 4.78 is 0. The van der Waals surface area contributed by atoms with Gasteiger partial charge in [0, 0.05) is 30.3 Å². The van der Waals surface area contributed by atoms with Crippen molar-refractivity contribution in [3.8, 4) is 0 Å². The van der Waals surface area contributed by atoms with Crippen LogP contribution < -0.4 is 5.32 Å². The highest BCUT2D eigenvalue weighted by atomic mass is 32.1. The predicted octanol–water partition coefficient (Wildman–Crippen LogP) is 6.33. The van der Waals surface area contributed by atoms with E-state index >= 15 is 0 Å². The van der Waals surface area contributed by atoms with Crippen LogP contribution in [0, 0.1) is 18.8 Å². The van der Waals surface area contributed by atoms with Crippen LogP contribution in [0.2, 0.25) is 0 Å². The average Bonchev–Trinajstić information content (AvgIpc) is 3.72. The van der Waals surface area contributed by atoms with E-state index in [4.69, 9.17) is 0 Å². The van der Waals surface area contributed by atoms with Gasteiger partial charge in [-0.3, -0.25) is 24.6 Å². The molecule has 0 aliphatic carbocycles. The van der Waals surface area contributed by atoms with Crippen molar-refractivity contribution < 1.29 is 19.5 Å². The number of rotatable bonds is 9. The fourth-order valence-electron chi connectivity index (χ4n) is 7.03. The Morgan fingerprint density at radius 1 is 0.913 bits per heavy atom. The summed E-state index contributed by atoms with van der Waals surface area (Å²) in [7, 11) is 0. The van der Waals surface area contributed by atoms with Crippen molar-refractivity contribution >= 4 is 52.0 Å². The number of thiazole rings is 1. The van der Waals surface area contributed by atoms with Crippen LogP contribution >= 0.6 is 11.3 Å². The van der Waals surface area contributed by atoms with Gasteiger partial charge >= 0.3 is 5.97 Å². The highest BCUT2D eigenvalue weighted by Crippen LogP contribution is 2.50. The Labute approximate surface area is 271 Å². The summed E-state index contributed by atoms with van der Waals surface area (Å²) in [6.07, 6.45) is 4.58. The lowest BCUT2D eigenvalue weighted by Crippen LogP contribution is -2.57. The molecule has 230 valence electrons. The van der Waals surface area contributed by atoms with Crippen molar-refractivity contribution in [3.63, 3.8) is 0 Å². The number of imide groups is 1. The monoisotopic (exact) mass is 627 g/mol. The second kappa shape index (κ2) is 12.1. The zero-order valence-electron chi connectivity index (χ0n) is 25.3. The third-order valence-electron chi connectivity index (χ3n) is 9.39. The molecular weight excluding hydrogens is 595 g/mol. The van der Waals surface area contributed by atoms with Crippen LogP contribution in [-0.2, 0) is 27.2 Å². The van der Waals surface area contributed by atoms with Gasteiger partial charge in [0.2, 0.25) is 11.8 Å². The summed E-state index contributed by atoms with van der Waals surface area (Å²) in [5.41, 5.74) is 4.56. The molecule has 4 atom stereocenters. The van der Waals surface area contributed by atoms with Gasteiger partial charge in [0.1, 0.15) is 5.54 Å². The van der Waals surface area contributed by atoms with Crippen molar-refractivity contribution in [2.75, 3.05) is 6.54 Å². The SMILES string of the molecule is Cc1ncsc1CCN1C(=O)C2C(c3ccc(C=Cc4ccccc4)cc3)NC(Cc3ccc4ccccc4c3)(C(=O)O)C2C1=O. The summed E-state index contributed by atoms with van der Waals surface area (Å²) in [6.45, 7) is 2.10. The number of hydrogen-bond acceptors (Lipinski definition) is 6. The first-order valence-electron chi connectivity index (χ1n) is 15.4. The number of aromatic nitrogens is 1. The third kappa shape index (κ3) is 5.33. The molecule has 0 spiro atoms. The van der Waals surface area contributed by atoms with Crippen molar-refractivity contribution in [3.05, 3.63) is 135 Å². The Balaban J connectivity index is 1.24. The smallest absolute Gasteiger partial charge is 0.325 e. The molecule has 2 N–H and O–H groups in total. The van der Waals surface area contributed by atoms with Crippen LogP contribution in [0.25, 0.3) is 22.9 Å². The number of carbonyl (C=O) groups excluding carboxylic acids is 2. The second-order valence-electron chi connectivity index (χ2n) is 12.1. The Morgan fingerprint density at radius 2 is 1.61 bits per heavy atom. The highest BCUT2D eigenvalue weighted by Gasteiger charge is 2.68. The fraction of sp³-hybridized carbons (Fsp3) is 0.211. The van der Waals surface area contributed by atoms with Crippen LogP contribution in [-0.4, -0.2) is 44.9 Å². The van der Waals surface area contributed by atoms with E-state index in [9.17, 15) is 19.5 Å². The molecule has 8 heteroatoms. The molecule has 7 nitrogen and oxygen atoms in total. The van der Waals surface area contributed by atoms with Crippen LogP contribution in [0.5, 0.6) is 0 Å². The minimum atomic E-state index is -1.68. The van der Waals surface area contributed by atoms with E-state index in [0.29, 0.717) is 6.42 Å². The van der Waals surface area contributed by atoms with Crippen LogP contribution in [0.1, 0.15) is 38.9 Å². The molecule has 2 amide bonds. The van der Waals surface area contributed by atoms with Gasteiger partial charge in [-0.25, -0.2) is 4.98 Å². The van der Waals surface area contributed by atoms with E-state index in [1.165, 1.54) is 16.2 Å². The lowest BCUT2D eigenvalue weighted by atomic mass is 9.76. The van der Waals surface area contributed by atoms with Crippen LogP contribution in [0.15, 0.2) is 103 Å². The maximum absolute atomic E-state index is 14.2. The lowest BCUT2D eigenvalue weighted by Gasteiger charge is -2.31. The van der Waals surface area contributed by atoms with Gasteiger partial charge in [-0.2, -0.15) is 0 Å². The first-order valence-corrected chi connectivity index (χ1v) is 16.3. The average molecular weight is 628 g/mol. The van der Waals surface area contributed by atoms with Crippen molar-refractivity contribution in [1.29, 1.82) is 0 Å². The summed E-state index contributed by atoms with van der Waals surface area (Å²) in [6, 6.07) is 30.9. The lowest BCUT2D eigenvalue weighted by molar-refractivity contribution is -0.151. The number of carbonyl (C=O) groups is 3. The maximum Gasteiger partial charge on any atom is 0.325 e. The topological polar surface area (TPSA) is 99.6 Å². The standard InChI is InChI=1S/C38H33N3O4S/c1-24-31(46-23-39-24)19-20-41-35(42)32-33(36(41)43)38(37(44)45,22-27-15-16-28-9-5-6-10-30(28)21-27)40-34(32)29-17-13-26(14-18-29)12-11-25-7-3-2-4-8-25/h2-18,21,23,32-34,40H,19-20,22H2,1H3,(H,44,45). The van der Waals surface area contributed by atoms with E-state index in [2.05, 4.69) is 10.3 Å². The minimum Gasteiger partial charge on any atom is -0.480 e. The van der Waals surface area contributed by atoms with Crippen LogP contribution in [0.3, 0.4) is 0 Å². The first kappa shape index (κ1) is 29.8. The summed E-state index contributed by atoms with van der Waals surface area (Å²) in [4.78, 5) is 48.3. The molecule has 0 bridgehead atoms. The Morgan fingerprint density at radius 3 is 2.30 bits per heavy atom.